The summed E-state index contributed by atoms with van der Waals surface area (Å²) in [6, 6.07) is 4.05. The smallest absolute Gasteiger partial charge is 0.392 e. The molecule has 7 saturated heterocycles. The number of fused-ring (bicyclic) bond motifs is 2. The molecule has 34 nitrogen and oxygen atoms in total. The van der Waals surface area contributed by atoms with Gasteiger partial charge >= 0.3 is 5.76 Å². The first kappa shape index (κ1) is 116. The average Bonchev–Trinajstić information content (AvgIpc) is 1.60. The van der Waals surface area contributed by atoms with Gasteiger partial charge in [0.15, 0.2) is 0 Å². The van der Waals surface area contributed by atoms with Gasteiger partial charge in [-0.05, 0) is 329 Å². The summed E-state index contributed by atoms with van der Waals surface area (Å²) in [6.07, 6.45) is 29.0. The number of aryl methyl sites for hydroxylation is 2. The quantitative estimate of drug-likeness (QED) is 0.0423. The summed E-state index contributed by atoms with van der Waals surface area (Å²) in [5.41, 5.74) is 4.46. The van der Waals surface area contributed by atoms with Crippen LogP contribution in [0.3, 0.4) is 0 Å². The minimum absolute atomic E-state index is 0.0835. The predicted octanol–water partition coefficient (Wildman–Crippen LogP) is 15.9. The zero-order chi connectivity index (χ0) is 102. The molecule has 9 aliphatic rings. The number of piperazine rings is 2. The van der Waals surface area contributed by atoms with Gasteiger partial charge in [-0.25, -0.2) is 24.8 Å². The van der Waals surface area contributed by atoms with Gasteiger partial charge < -0.3 is 27.9 Å². The van der Waals surface area contributed by atoms with E-state index in [-0.39, 0.29) is 62.2 Å². The molecule has 770 valence electrons. The molecule has 0 unspecified atom stereocenters. The number of aromatic amines is 2. The Morgan fingerprint density at radius 2 is 0.912 bits per heavy atom. The highest BCUT2D eigenvalue weighted by Gasteiger charge is 2.37. The van der Waals surface area contributed by atoms with Crippen LogP contribution in [0.5, 0.6) is 0 Å². The fraction of sp³-hybridized carbons (Fsp3) is 0.796. The summed E-state index contributed by atoms with van der Waals surface area (Å²) >= 11 is 0. The van der Waals surface area contributed by atoms with E-state index < -0.39 is 5.76 Å². The van der Waals surface area contributed by atoms with E-state index in [4.69, 9.17) is 14.9 Å². The molecule has 2 N–H and O–H groups in total. The summed E-state index contributed by atoms with van der Waals surface area (Å²) in [4.78, 5) is 76.2. The van der Waals surface area contributed by atoms with Crippen molar-refractivity contribution >= 4 is 11.6 Å². The third kappa shape index (κ3) is 37.5. The van der Waals surface area contributed by atoms with E-state index in [0.29, 0.717) is 40.3 Å². The Balaban J connectivity index is 0.000000210. The van der Waals surface area contributed by atoms with Crippen LogP contribution in [0.1, 0.15) is 343 Å². The van der Waals surface area contributed by atoms with Gasteiger partial charge in [-0.1, -0.05) is 13.8 Å². The highest BCUT2D eigenvalue weighted by Crippen LogP contribution is 2.35. The molecule has 0 aliphatic carbocycles. The van der Waals surface area contributed by atoms with E-state index >= 15 is 0 Å². The highest BCUT2D eigenvalue weighted by molar-refractivity contribution is 5.83. The number of nitrogens with one attached hydrogen (secondary N) is 2. The van der Waals surface area contributed by atoms with Crippen LogP contribution in [0.2, 0.25) is 0 Å². The van der Waals surface area contributed by atoms with Crippen molar-refractivity contribution in [3.8, 4) is 12.3 Å². The second-order valence-corrected chi connectivity index (χ2v) is 47.3. The molecular weight excluding hydrogens is 1720 g/mol. The van der Waals surface area contributed by atoms with Crippen LogP contribution in [0, 0.1) is 38.8 Å². The van der Waals surface area contributed by atoms with Gasteiger partial charge in [0.2, 0.25) is 12.1 Å². The number of hydrogen-bond acceptors (Lipinski definition) is 26. The molecule has 9 aliphatic heterocycles. The Hall–Kier alpha value is -8.45. The second kappa shape index (κ2) is 51.8. The Morgan fingerprint density at radius 3 is 1.31 bits per heavy atom. The standard InChI is InChI=1S/C13H23N3.2C12H22N4.C12H23N3O2.C12H20N2O.C11H20N4.C11H19N3O2.2C10H17N3/c1-13(2,3)16-8-5-11(6-9-16)12-14-7-10-15(12)4;1-12(2,3)16-7-5-10(6-8-16)11-14-13-9-15(11)4;1-5-11(14-10-13)15-6-8-16(9-7-15)12(2,3)4;1-5-11(10-15(16)17)13-6-8-14(9-7-13)12(2,3)4;1-12(2,3)14-8-5-10(6-9-14)11(15)4-7-13;1-11(2,3)15-6-4-9(5-7-15)10-12-8-13-14-10;1-11(2,3)14-6-4-8(5-7-14)9-12-13-10(15)16-9;1-10(2,3)13-7-6-12-5-4-11-9(12)8-13;1-10(2,3)12-6-7-13-9(8-12)4-5-11-13/h7,10-11H,5-6,8-9H2,1-4H3;9-10H,5-8H2,1-4H3;5-9H2,1-4H3;10H,5-9H2,1-4H3;10H,4-6,8-9H2,1-3H3;8-9H,4-7H2,1-3H3,(H,12,13,14);8H,4-7H2,1-3H3,(H,13,15);2*4-5H,6-8H2,1-3H3/b;;;11-10+;;;;;. The fourth-order valence-corrected chi connectivity index (χ4v) is 19.3. The molecule has 6 aromatic rings. The van der Waals surface area contributed by atoms with E-state index in [1.807, 2.05) is 57.9 Å². The summed E-state index contributed by atoms with van der Waals surface area (Å²) in [5, 5.41) is 53.2. The van der Waals surface area contributed by atoms with E-state index in [2.05, 4.69) is 334 Å². The van der Waals surface area contributed by atoms with Gasteiger partial charge in [0, 0.05) is 209 Å². The molecule has 34 heteroatoms. The molecule has 0 amide bonds. The second-order valence-electron chi connectivity index (χ2n) is 47.3. The van der Waals surface area contributed by atoms with Crippen molar-refractivity contribution in [3.63, 3.8) is 0 Å². The number of nitriles is 2. The van der Waals surface area contributed by atoms with Crippen molar-refractivity contribution in [2.24, 2.45) is 25.0 Å². The number of carbonyl (C=O) groups excluding carboxylic acids is 1. The summed E-state index contributed by atoms with van der Waals surface area (Å²) in [5.74, 6) is 8.07. The molecule has 0 saturated carbocycles. The number of aliphatic imine (C=N–C) groups is 1. The lowest BCUT2D eigenvalue weighted by Crippen LogP contribution is -2.54. The number of Topliss-reactive ketones (excluding diaryl/α,β-unsaturated/α-hetero) is 1. The van der Waals surface area contributed by atoms with Crippen molar-refractivity contribution in [1.29, 1.82) is 10.5 Å². The number of imidazole rings is 2. The number of H-pyrrole nitrogens is 2. The molecule has 0 spiro atoms. The predicted molar refractivity (Wildman–Crippen MR) is 549 cm³/mol. The third-order valence-electron chi connectivity index (χ3n) is 28.6. The van der Waals surface area contributed by atoms with E-state index in [1.165, 1.54) is 82.0 Å². The van der Waals surface area contributed by atoms with E-state index in [9.17, 15) is 19.7 Å². The minimum atomic E-state index is -0.451. The Morgan fingerprint density at radius 1 is 0.489 bits per heavy atom. The van der Waals surface area contributed by atoms with E-state index in [0.717, 1.165) is 199 Å². The molecule has 137 heavy (non-hydrogen) atoms. The van der Waals surface area contributed by atoms with Crippen LogP contribution >= 0.6 is 0 Å². The van der Waals surface area contributed by atoms with Gasteiger partial charge in [-0.3, -0.25) is 68.8 Å². The van der Waals surface area contributed by atoms with Gasteiger partial charge in [0.05, 0.1) is 41.9 Å². The summed E-state index contributed by atoms with van der Waals surface area (Å²) < 4.78 is 13.6. The Labute approximate surface area is 824 Å². The van der Waals surface area contributed by atoms with Crippen molar-refractivity contribution in [1.82, 2.24) is 123 Å². The normalized spacial score (nSPS) is 19.8. The van der Waals surface area contributed by atoms with Crippen LogP contribution in [-0.2, 0) is 45.1 Å². The fourth-order valence-electron chi connectivity index (χ4n) is 19.3. The van der Waals surface area contributed by atoms with Crippen LogP contribution in [0.4, 0.5) is 0 Å². The highest BCUT2D eigenvalue weighted by atomic mass is 16.6. The molecule has 15 heterocycles. The lowest BCUT2D eigenvalue weighted by atomic mass is 9.89. The number of allylic oxidation sites excluding steroid dienone is 1. The minimum Gasteiger partial charge on any atom is -0.392 e. The Kier molecular flexibility index (Phi) is 43.7. The van der Waals surface area contributed by atoms with Gasteiger partial charge in [0.25, 0.3) is 6.20 Å². The first-order valence-corrected chi connectivity index (χ1v) is 51.1. The lowest BCUT2D eigenvalue weighted by Gasteiger charge is -2.43. The van der Waals surface area contributed by atoms with Crippen LogP contribution in [-0.4, -0.2) is 320 Å². The zero-order valence-corrected chi connectivity index (χ0v) is 90.9. The van der Waals surface area contributed by atoms with Gasteiger partial charge in [0.1, 0.15) is 47.6 Å². The first-order valence-electron chi connectivity index (χ1n) is 51.1. The zero-order valence-electron chi connectivity index (χ0n) is 90.9. The van der Waals surface area contributed by atoms with Gasteiger partial charge in [-0.2, -0.15) is 25.7 Å². The number of piperidine rings is 5. The molecule has 15 rings (SSSR count). The molecule has 0 atom stereocenters. The number of rotatable bonds is 10. The SMILES string of the molecule is CC(C)(C)N1CCC(C(=O)CC#N)CC1.CC(C)(C)N1CCC(c2n[nH]c(=O)o2)CC1.CC(C)(C)N1CCC(c2ncn[nH]2)CC1.CC(C)(C)N1CCn2ccnc2C1.CC(C)(C)N1CCn2nccc2C1.CC/C(=C\[N+](=O)[O-])N1CCN(C(C)(C)C)CC1.CCC(=NC#N)N1CCN(C(C)(C)C)CC1.Cn1ccnc1C1CCN(C(C)(C)C)CC1.Cn1cnnc1C1CCN(C(C)(C)C)CC1. The molecule has 0 radical (unpaired) electrons. The van der Waals surface area contributed by atoms with Gasteiger partial charge in [-0.15, -0.1) is 15.3 Å². The largest absolute Gasteiger partial charge is 0.434 e. The first-order chi connectivity index (χ1) is 63.9. The number of amidine groups is 1. The number of aromatic nitrogens is 14. The molecule has 0 bridgehead atoms. The topological polar surface area (TPSA) is 340 Å². The Bertz CT molecular complexity index is 4550. The monoisotopic (exact) mass is 1910 g/mol. The van der Waals surface area contributed by atoms with Crippen molar-refractivity contribution in [3.05, 3.63) is 117 Å². The van der Waals surface area contributed by atoms with Crippen LogP contribution < -0.4 is 5.76 Å². The lowest BCUT2D eigenvalue weighted by molar-refractivity contribution is -0.404. The number of ketones is 1. The maximum Gasteiger partial charge on any atom is 0.434 e. The van der Waals surface area contributed by atoms with E-state index in [1.54, 1.807) is 12.7 Å². The summed E-state index contributed by atoms with van der Waals surface area (Å²) in [7, 11) is 4.13. The number of hydrogen-bond donors (Lipinski definition) is 2. The molecule has 0 aromatic carbocycles. The van der Waals surface area contributed by atoms with Crippen molar-refractivity contribution in [2.45, 2.75) is 384 Å². The van der Waals surface area contributed by atoms with Crippen molar-refractivity contribution in [2.75, 3.05) is 131 Å². The number of likely N-dealkylation sites (tertiary alicyclic amines) is 5. The maximum absolute atomic E-state index is 11.5. The third-order valence-corrected chi connectivity index (χ3v) is 28.6. The maximum atomic E-state index is 11.5. The molecule has 7 fully saturated rings. The molecular formula is C103H183N29O5. The number of nitrogens with zero attached hydrogens (tertiary/aromatic N) is 27. The number of nitro groups is 1. The van der Waals surface area contributed by atoms with Crippen molar-refractivity contribution < 1.29 is 14.1 Å². The van der Waals surface area contributed by atoms with Crippen LogP contribution in [0.25, 0.3) is 0 Å². The summed E-state index contributed by atoms with van der Waals surface area (Å²) in [6.45, 7) is 90.0. The average molecular weight is 1910 g/mol. The molecule has 6 aromatic heterocycles. The van der Waals surface area contributed by atoms with Crippen LogP contribution in [0.15, 0.2) is 75.8 Å². The number of carbonyl (C=O) groups is 1.